The van der Waals surface area contributed by atoms with E-state index >= 15 is 0 Å². The number of anilines is 1. The average molecular weight is 324 g/mol. The highest BCUT2D eigenvalue weighted by Crippen LogP contribution is 2.45. The van der Waals surface area contributed by atoms with Gasteiger partial charge in [0.25, 0.3) is 5.69 Å². The Morgan fingerprint density at radius 2 is 2.24 bits per heavy atom. The van der Waals surface area contributed by atoms with Gasteiger partial charge in [0.2, 0.25) is 0 Å². The second-order valence-electron chi connectivity index (χ2n) is 4.94. The second kappa shape index (κ2) is 5.65. The third kappa shape index (κ3) is 2.89. The van der Waals surface area contributed by atoms with Crippen LogP contribution in [0.2, 0.25) is 0 Å². The molecule has 3 rings (SSSR count). The second-order valence-corrected chi connectivity index (χ2v) is 7.57. The number of benzene rings is 1. The summed E-state index contributed by atoms with van der Waals surface area (Å²) in [5, 5.41) is 16.7. The largest absolute Gasteiger partial charge is 0.372 e. The van der Waals surface area contributed by atoms with Crippen molar-refractivity contribution < 1.29 is 9.31 Å². The predicted octanol–water partition coefficient (Wildman–Crippen LogP) is 4.83. The Balaban J connectivity index is 1.94. The van der Waals surface area contributed by atoms with Crippen LogP contribution in [0.4, 0.5) is 15.8 Å². The van der Waals surface area contributed by atoms with Crippen molar-refractivity contribution >= 4 is 34.5 Å². The van der Waals surface area contributed by atoms with Gasteiger partial charge in [-0.1, -0.05) is 6.92 Å². The molecule has 1 aromatic heterocycles. The molecule has 1 unspecified atom stereocenters. The molecular weight excluding hydrogens is 311 g/mol. The van der Waals surface area contributed by atoms with E-state index in [0.717, 1.165) is 18.1 Å². The predicted molar refractivity (Wildman–Crippen MR) is 83.7 cm³/mol. The number of hydrogen-bond donors (Lipinski definition) is 1. The first-order valence-electron chi connectivity index (χ1n) is 6.49. The number of fused-ring (bicyclic) bond motifs is 1. The first-order valence-corrected chi connectivity index (χ1v) is 8.25. The van der Waals surface area contributed by atoms with Crippen molar-refractivity contribution in [2.45, 2.75) is 28.8 Å². The Kier molecular flexibility index (Phi) is 3.86. The minimum Gasteiger partial charge on any atom is -0.372 e. The molecule has 1 aliphatic heterocycles. The summed E-state index contributed by atoms with van der Waals surface area (Å²) in [5.74, 6) is -0.480. The molecule has 7 heteroatoms. The zero-order valence-corrected chi connectivity index (χ0v) is 12.8. The van der Waals surface area contributed by atoms with E-state index in [-0.39, 0.29) is 17.4 Å². The smallest absolute Gasteiger partial charge is 0.292 e. The van der Waals surface area contributed by atoms with Crippen LogP contribution in [0.1, 0.15) is 24.9 Å². The minimum atomic E-state index is -0.489. The Labute approximate surface area is 129 Å². The molecule has 1 aliphatic rings. The molecule has 2 atom stereocenters. The summed E-state index contributed by atoms with van der Waals surface area (Å²) in [6, 6.07) is 5.51. The molecular formula is C14H13FN2O2S2. The number of nitro groups is 1. The molecule has 21 heavy (non-hydrogen) atoms. The molecule has 0 spiro atoms. The van der Waals surface area contributed by atoms with Gasteiger partial charge in [0.05, 0.1) is 15.2 Å². The van der Waals surface area contributed by atoms with Crippen LogP contribution in [0.5, 0.6) is 0 Å². The van der Waals surface area contributed by atoms with Crippen molar-refractivity contribution in [1.82, 2.24) is 0 Å². The van der Waals surface area contributed by atoms with Gasteiger partial charge >= 0.3 is 0 Å². The number of nitrogens with zero attached hydrogens (tertiary/aromatic N) is 1. The van der Waals surface area contributed by atoms with Gasteiger partial charge in [-0.25, -0.2) is 4.39 Å². The van der Waals surface area contributed by atoms with Crippen LogP contribution in [0.15, 0.2) is 33.9 Å². The van der Waals surface area contributed by atoms with E-state index in [4.69, 9.17) is 0 Å². The highest BCUT2D eigenvalue weighted by molar-refractivity contribution is 8.01. The van der Waals surface area contributed by atoms with Crippen LogP contribution >= 0.6 is 23.1 Å². The van der Waals surface area contributed by atoms with Gasteiger partial charge in [0.15, 0.2) is 0 Å². The topological polar surface area (TPSA) is 55.2 Å². The Morgan fingerprint density at radius 3 is 3.00 bits per heavy atom. The fourth-order valence-electron chi connectivity index (χ4n) is 2.46. The van der Waals surface area contributed by atoms with E-state index in [1.807, 2.05) is 23.2 Å². The zero-order valence-electron chi connectivity index (χ0n) is 11.2. The van der Waals surface area contributed by atoms with Gasteiger partial charge in [-0.15, -0.1) is 23.1 Å². The first-order chi connectivity index (χ1) is 10.0. The van der Waals surface area contributed by atoms with Crippen LogP contribution in [0, 0.1) is 15.9 Å². The molecule has 2 aromatic rings. The fraction of sp³-hybridized carbons (Fsp3) is 0.286. The zero-order chi connectivity index (χ0) is 15.0. The normalized spacial score (nSPS) is 20.9. The van der Waals surface area contributed by atoms with Crippen LogP contribution < -0.4 is 5.32 Å². The highest BCUT2D eigenvalue weighted by atomic mass is 32.2. The summed E-state index contributed by atoms with van der Waals surface area (Å²) in [6.07, 6.45) is 0.849. The molecule has 110 valence electrons. The van der Waals surface area contributed by atoms with Gasteiger partial charge in [-0.3, -0.25) is 10.1 Å². The number of thioether (sulfide) groups is 1. The Bertz CT molecular complexity index is 689. The number of rotatable bonds is 3. The summed E-state index contributed by atoms with van der Waals surface area (Å²) in [6.45, 7) is 2.13. The number of thiophene rings is 1. The van der Waals surface area contributed by atoms with E-state index < -0.39 is 10.7 Å². The summed E-state index contributed by atoms with van der Waals surface area (Å²) >= 11 is 3.49. The van der Waals surface area contributed by atoms with Crippen molar-refractivity contribution in [2.24, 2.45) is 0 Å². The fourth-order valence-corrected chi connectivity index (χ4v) is 5.02. The van der Waals surface area contributed by atoms with Gasteiger partial charge in [0, 0.05) is 17.4 Å². The number of nitro benzene ring substituents is 1. The Morgan fingerprint density at radius 1 is 1.43 bits per heavy atom. The number of hydrogen-bond acceptors (Lipinski definition) is 5. The van der Waals surface area contributed by atoms with Gasteiger partial charge in [-0.2, -0.15) is 0 Å². The van der Waals surface area contributed by atoms with Gasteiger partial charge < -0.3 is 5.32 Å². The van der Waals surface area contributed by atoms with Gasteiger partial charge in [0.1, 0.15) is 11.5 Å². The van der Waals surface area contributed by atoms with Crippen LogP contribution in [-0.4, -0.2) is 10.2 Å². The van der Waals surface area contributed by atoms with Crippen molar-refractivity contribution in [3.05, 3.63) is 51.1 Å². The van der Waals surface area contributed by atoms with Crippen LogP contribution in [-0.2, 0) is 0 Å². The molecule has 0 amide bonds. The van der Waals surface area contributed by atoms with E-state index in [1.165, 1.54) is 16.3 Å². The molecule has 0 saturated heterocycles. The molecule has 2 heterocycles. The van der Waals surface area contributed by atoms with Crippen molar-refractivity contribution in [3.63, 3.8) is 0 Å². The SMILES string of the molecule is C[C@H]1CC(Nc2cc(F)ccc2[N+](=O)[O-])c2ccsc2S1. The summed E-state index contributed by atoms with van der Waals surface area (Å²) < 4.78 is 14.6. The molecule has 0 radical (unpaired) electrons. The maximum atomic E-state index is 13.4. The van der Waals surface area contributed by atoms with Crippen molar-refractivity contribution in [2.75, 3.05) is 5.32 Å². The summed E-state index contributed by atoms with van der Waals surface area (Å²) in [7, 11) is 0. The summed E-state index contributed by atoms with van der Waals surface area (Å²) in [5.41, 5.74) is 1.28. The van der Waals surface area contributed by atoms with Crippen molar-refractivity contribution in [1.29, 1.82) is 0 Å². The van der Waals surface area contributed by atoms with Crippen molar-refractivity contribution in [3.8, 4) is 0 Å². The lowest BCUT2D eigenvalue weighted by Crippen LogP contribution is -2.19. The third-order valence-electron chi connectivity index (χ3n) is 3.39. The lowest BCUT2D eigenvalue weighted by Gasteiger charge is -2.28. The molecule has 0 fully saturated rings. The minimum absolute atomic E-state index is 0.0250. The maximum absolute atomic E-state index is 13.4. The van der Waals surface area contributed by atoms with E-state index in [0.29, 0.717) is 5.25 Å². The molecule has 4 nitrogen and oxygen atoms in total. The maximum Gasteiger partial charge on any atom is 0.292 e. The van der Waals surface area contributed by atoms with Crippen LogP contribution in [0.25, 0.3) is 0 Å². The quantitative estimate of drug-likeness (QED) is 0.649. The van der Waals surface area contributed by atoms with E-state index in [9.17, 15) is 14.5 Å². The van der Waals surface area contributed by atoms with Crippen LogP contribution in [0.3, 0.4) is 0 Å². The van der Waals surface area contributed by atoms with Gasteiger partial charge in [-0.05, 0) is 29.5 Å². The van der Waals surface area contributed by atoms with E-state index in [1.54, 1.807) is 11.3 Å². The molecule has 0 aliphatic carbocycles. The summed E-state index contributed by atoms with van der Waals surface area (Å²) in [4.78, 5) is 10.6. The molecule has 1 aromatic carbocycles. The average Bonchev–Trinajstić information content (AvgIpc) is 2.86. The Hall–Kier alpha value is -1.60. The lowest BCUT2D eigenvalue weighted by molar-refractivity contribution is -0.384. The highest BCUT2D eigenvalue weighted by Gasteiger charge is 2.28. The lowest BCUT2D eigenvalue weighted by atomic mass is 10.0. The first kappa shape index (κ1) is 14.3. The van der Waals surface area contributed by atoms with E-state index in [2.05, 4.69) is 12.2 Å². The number of nitrogens with one attached hydrogen (secondary N) is 1. The third-order valence-corrected chi connectivity index (χ3v) is 5.74. The monoisotopic (exact) mass is 324 g/mol. The number of halogens is 1. The molecule has 1 N–H and O–H groups in total. The standard InChI is InChI=1S/C14H13FN2O2S2/c1-8-6-11(10-4-5-20-14(10)21-8)16-12-7-9(15)2-3-13(12)17(18)19/h2-5,7-8,11,16H,6H2,1H3/t8-,11?/m0/s1. The molecule has 0 bridgehead atoms. The molecule has 0 saturated carbocycles.